The Bertz CT molecular complexity index is 4220. The number of aromatic nitrogens is 2. The summed E-state index contributed by atoms with van der Waals surface area (Å²) in [4.78, 5) is 0. The number of nitrogens with zero attached hydrogens (tertiary/aromatic N) is 2. The Morgan fingerprint density at radius 2 is 0.742 bits per heavy atom. The van der Waals surface area contributed by atoms with Gasteiger partial charge in [-0.05, 0) is 64.5 Å². The van der Waals surface area contributed by atoms with Crippen molar-refractivity contribution in [3.8, 4) is 22.5 Å². The molecule has 4 heterocycles. The lowest BCUT2D eigenvalue weighted by atomic mass is 9.64. The third kappa shape index (κ3) is 5.14. The van der Waals surface area contributed by atoms with Crippen molar-refractivity contribution in [1.82, 2.24) is 9.13 Å². The predicted molar refractivity (Wildman–Crippen MR) is 291 cm³/mol. The number of hydrogen-bond acceptors (Lipinski definition) is 2. The van der Waals surface area contributed by atoms with Crippen molar-refractivity contribution in [3.63, 3.8) is 0 Å². The lowest BCUT2D eigenvalue weighted by Gasteiger charge is -2.20. The van der Waals surface area contributed by atoms with Gasteiger partial charge in [-0.3, -0.25) is 0 Å². The van der Waals surface area contributed by atoms with Crippen LogP contribution in [-0.2, 0) is 0 Å². The molecule has 0 aliphatic heterocycles. The molecule has 12 aromatic rings. The zero-order valence-corrected chi connectivity index (χ0v) is 34.9. The smallest absolute Gasteiger partial charge is 0.129 e. The number of rotatable bonds is 3. The molecule has 0 unspecified atom stereocenters. The molecule has 0 aliphatic carbocycles. The van der Waals surface area contributed by atoms with Crippen LogP contribution in [-0.4, -0.2) is 119 Å². The van der Waals surface area contributed by atoms with E-state index in [-0.39, 0.29) is 98.8 Å². The molecule has 0 N–H and O–H groups in total. The molecule has 8 aromatic carbocycles. The van der Waals surface area contributed by atoms with Gasteiger partial charge >= 0.3 is 0 Å². The van der Waals surface area contributed by atoms with Crippen LogP contribution < -0.4 is 76.5 Å². The van der Waals surface area contributed by atoms with Gasteiger partial charge in [0.25, 0.3) is 0 Å². The van der Waals surface area contributed by atoms with E-state index in [1.807, 2.05) is 59.2 Å². The highest BCUT2D eigenvalue weighted by Gasteiger charge is 2.27. The minimum absolute atomic E-state index is 0.0754. The molecule has 0 bridgehead atoms. The molecule has 0 spiro atoms. The van der Waals surface area contributed by atoms with Gasteiger partial charge in [-0.15, -0.1) is 21.9 Å². The molecular weight excluding hydrogens is 788 g/mol. The molecule has 18 heteroatoms. The molecule has 0 amide bonds. The maximum absolute atomic E-state index is 7.20. The summed E-state index contributed by atoms with van der Waals surface area (Å²) in [5, 5.41) is 5.00. The fourth-order valence-electron chi connectivity index (χ4n) is 10.2. The van der Waals surface area contributed by atoms with Crippen molar-refractivity contribution in [2.45, 2.75) is 0 Å². The number of hydrogen-bond donors (Lipinski definition) is 0. The van der Waals surface area contributed by atoms with E-state index in [1.54, 1.807) is 0 Å². The summed E-state index contributed by atoms with van der Waals surface area (Å²) in [6, 6.07) is 28.3. The van der Waals surface area contributed by atoms with E-state index in [2.05, 4.69) is 34.9 Å². The van der Waals surface area contributed by atoms with Crippen LogP contribution in [0.1, 0.15) is 0 Å². The van der Waals surface area contributed by atoms with E-state index in [1.165, 1.54) is 0 Å². The molecule has 0 saturated heterocycles. The number of fused-ring (bicyclic) bond motifs is 13. The van der Waals surface area contributed by atoms with Crippen molar-refractivity contribution >= 4 is 274 Å². The van der Waals surface area contributed by atoms with E-state index in [0.717, 1.165) is 43.8 Å². The van der Waals surface area contributed by atoms with Gasteiger partial charge in [0, 0.05) is 54.5 Å². The van der Waals surface area contributed by atoms with Crippen LogP contribution >= 0.6 is 0 Å². The second-order valence-electron chi connectivity index (χ2n) is 16.6. The standard InChI is InChI=1S/C48H14B14N2O2/c49-30-23(35(54)45-26(31(30)50)27-32(51)36(55)38(57)41(60)46(27)65-45)15-10-11-20-18(14-15)25-22(13-12-21-24(25)17-8-4-5-9-19(17)63(21)16-6-2-1-3-7-16)64(20)44-40(59)34(53)29-28-33(52)37(56)39(58)42(61)47(28)66-48(29)43(44)62/h1-14H. The second-order valence-corrected chi connectivity index (χ2v) is 16.6. The van der Waals surface area contributed by atoms with Gasteiger partial charge in [-0.25, -0.2) is 0 Å². The monoisotopic (exact) mass is 804 g/mol. The average Bonchev–Trinajstić information content (AvgIpc) is 4.09. The maximum atomic E-state index is 7.20. The minimum atomic E-state index is 0.0754. The van der Waals surface area contributed by atoms with Crippen LogP contribution in [0.3, 0.4) is 0 Å². The number of furan rings is 2. The first-order chi connectivity index (χ1) is 31.6. The minimum Gasteiger partial charge on any atom is -0.457 e. The normalized spacial score (nSPS) is 12.2. The zero-order chi connectivity index (χ0) is 46.1. The first-order valence-corrected chi connectivity index (χ1v) is 20.6. The van der Waals surface area contributed by atoms with E-state index < -0.39 is 0 Å². The van der Waals surface area contributed by atoms with Gasteiger partial charge in [0.15, 0.2) is 0 Å². The number of para-hydroxylation sites is 2. The van der Waals surface area contributed by atoms with Crippen LogP contribution in [0.5, 0.6) is 0 Å². The van der Waals surface area contributed by atoms with Gasteiger partial charge in [0.1, 0.15) is 132 Å². The first kappa shape index (κ1) is 41.3. The van der Waals surface area contributed by atoms with E-state index >= 15 is 0 Å². The Balaban J connectivity index is 1.24. The second kappa shape index (κ2) is 14.2. The SMILES string of the molecule is [B]c1c([B])c([B])c2c(oc3c([B])c(-c4ccc5c(c4)c4c6c7ccccc7n(-c7ccccc7)c6ccc4n5-c4c([B])c([B])c5c(oc6c([B])c([B])c([B])c([B])c65)c4[B])c([B])c([B])c32)c1[B]. The van der Waals surface area contributed by atoms with Crippen molar-refractivity contribution in [2.24, 2.45) is 0 Å². The van der Waals surface area contributed by atoms with Crippen molar-refractivity contribution in [3.05, 3.63) is 84.9 Å². The lowest BCUT2D eigenvalue weighted by molar-refractivity contribution is 0.674. The summed E-state index contributed by atoms with van der Waals surface area (Å²) in [6.45, 7) is 0. The summed E-state index contributed by atoms with van der Waals surface area (Å²) in [6.07, 6.45) is 0. The van der Waals surface area contributed by atoms with Gasteiger partial charge in [0.2, 0.25) is 0 Å². The Kier molecular flexibility index (Phi) is 8.88. The molecule has 0 saturated carbocycles. The van der Waals surface area contributed by atoms with Crippen molar-refractivity contribution in [1.29, 1.82) is 0 Å². The van der Waals surface area contributed by atoms with Gasteiger partial charge < -0.3 is 18.0 Å². The average molecular weight is 802 g/mol. The molecule has 12 rings (SSSR count). The number of benzene rings is 8. The van der Waals surface area contributed by atoms with Crippen molar-refractivity contribution in [2.75, 3.05) is 0 Å². The highest BCUT2D eigenvalue weighted by molar-refractivity contribution is 6.71. The quantitative estimate of drug-likeness (QED) is 0.174. The van der Waals surface area contributed by atoms with Crippen LogP contribution in [0.15, 0.2) is 93.8 Å². The summed E-state index contributed by atoms with van der Waals surface area (Å²) < 4.78 is 16.9. The fourth-order valence-corrected chi connectivity index (χ4v) is 10.2. The summed E-state index contributed by atoms with van der Waals surface area (Å²) in [5.74, 6) is 0. The maximum Gasteiger partial charge on any atom is 0.129 e. The van der Waals surface area contributed by atoms with Gasteiger partial charge in [-0.1, -0.05) is 86.2 Å². The third-order valence-corrected chi connectivity index (χ3v) is 13.3. The molecule has 0 atom stereocenters. The molecule has 28 radical (unpaired) electrons. The molecular formula is C48H14B14N2O2. The Hall–Kier alpha value is -6.13. The van der Waals surface area contributed by atoms with Crippen LogP contribution in [0.4, 0.5) is 0 Å². The summed E-state index contributed by atoms with van der Waals surface area (Å²) >= 11 is 0. The molecule has 66 heavy (non-hydrogen) atoms. The zero-order valence-electron chi connectivity index (χ0n) is 34.9. The molecule has 0 aliphatic rings. The Morgan fingerprint density at radius 1 is 0.303 bits per heavy atom. The molecule has 4 nitrogen and oxygen atoms in total. The first-order valence-electron chi connectivity index (χ1n) is 20.6. The Morgan fingerprint density at radius 3 is 1.35 bits per heavy atom. The lowest BCUT2D eigenvalue weighted by Crippen LogP contribution is -2.47. The third-order valence-electron chi connectivity index (χ3n) is 13.3. The fraction of sp³-hybridized carbons (Fsp3) is 0. The topological polar surface area (TPSA) is 36.1 Å². The van der Waals surface area contributed by atoms with E-state index in [9.17, 15) is 0 Å². The summed E-state index contributed by atoms with van der Waals surface area (Å²) in [5.41, 5.74) is 8.30. The highest BCUT2D eigenvalue weighted by Crippen LogP contribution is 2.43. The predicted octanol–water partition coefficient (Wildman–Crippen LogP) is -3.54. The van der Waals surface area contributed by atoms with Gasteiger partial charge in [0.05, 0.1) is 22.1 Å². The molecule has 0 fully saturated rings. The van der Waals surface area contributed by atoms with E-state index in [4.69, 9.17) is 119 Å². The van der Waals surface area contributed by atoms with Crippen LogP contribution in [0, 0.1) is 0 Å². The molecule has 270 valence electrons. The van der Waals surface area contributed by atoms with Crippen LogP contribution in [0.2, 0.25) is 0 Å². The summed E-state index contributed by atoms with van der Waals surface area (Å²) in [7, 11) is 93.2. The highest BCUT2D eigenvalue weighted by atomic mass is 16.3. The largest absolute Gasteiger partial charge is 0.457 e. The van der Waals surface area contributed by atoms with Crippen LogP contribution in [0.25, 0.3) is 110 Å². The van der Waals surface area contributed by atoms with Gasteiger partial charge in [-0.2, -0.15) is 0 Å². The Labute approximate surface area is 397 Å². The van der Waals surface area contributed by atoms with Crippen molar-refractivity contribution < 1.29 is 8.83 Å². The van der Waals surface area contributed by atoms with E-state index in [0.29, 0.717) is 43.9 Å². The molecule has 4 aromatic heterocycles.